The second kappa shape index (κ2) is 9.05. The fourth-order valence-corrected chi connectivity index (χ4v) is 4.98. The summed E-state index contributed by atoms with van der Waals surface area (Å²) in [5.74, 6) is 5.47. The molecular formula is C23H25F2N11O. The summed E-state index contributed by atoms with van der Waals surface area (Å²) in [4.78, 5) is 36.7. The number of aromatic nitrogens is 2. The maximum absolute atomic E-state index is 14.2. The molecule has 2 amide bonds. The maximum Gasteiger partial charge on any atom is 0.341 e. The molecule has 0 aliphatic carbocycles. The van der Waals surface area contributed by atoms with E-state index in [0.717, 1.165) is 6.07 Å². The van der Waals surface area contributed by atoms with Gasteiger partial charge in [-0.1, -0.05) is 0 Å². The number of nitrogens with two attached hydrogens (primary N) is 1. The van der Waals surface area contributed by atoms with Crippen molar-refractivity contribution in [3.63, 3.8) is 0 Å². The van der Waals surface area contributed by atoms with Crippen LogP contribution in [0.15, 0.2) is 52.5 Å². The summed E-state index contributed by atoms with van der Waals surface area (Å²) in [6.45, 7) is 3.62. The van der Waals surface area contributed by atoms with Gasteiger partial charge in [0.2, 0.25) is 6.29 Å². The first-order chi connectivity index (χ1) is 17.9. The van der Waals surface area contributed by atoms with Crippen LogP contribution in [-0.4, -0.2) is 106 Å². The first-order valence-electron chi connectivity index (χ1n) is 11.8. The fourth-order valence-electron chi connectivity index (χ4n) is 4.98. The SMILES string of the molecule is CN1C(=O)N(CCN2CCN(c3ccc(F)cc3F)CC2)C2N=C3C(=C(c4cnccn4)N=CN3N)N21. The number of carbonyl (C=O) groups excluding carboxylic acids is 1. The number of hydrogen-bond acceptors (Lipinski definition) is 10. The smallest absolute Gasteiger partial charge is 0.341 e. The Hall–Kier alpha value is -4.17. The molecule has 0 spiro atoms. The molecule has 4 aliphatic rings. The van der Waals surface area contributed by atoms with Crippen LogP contribution < -0.4 is 10.7 Å². The first-order valence-corrected chi connectivity index (χ1v) is 11.8. The fraction of sp³-hybridized carbons (Fsp3) is 0.348. The Labute approximate surface area is 211 Å². The minimum atomic E-state index is -0.600. The average molecular weight is 510 g/mol. The molecular weight excluding hydrogens is 484 g/mol. The predicted molar refractivity (Wildman–Crippen MR) is 131 cm³/mol. The van der Waals surface area contributed by atoms with Crippen molar-refractivity contribution < 1.29 is 13.6 Å². The summed E-state index contributed by atoms with van der Waals surface area (Å²) >= 11 is 0. The highest BCUT2D eigenvalue weighted by Gasteiger charge is 2.51. The van der Waals surface area contributed by atoms with Crippen LogP contribution >= 0.6 is 0 Å². The van der Waals surface area contributed by atoms with E-state index in [2.05, 4.69) is 19.9 Å². The molecule has 1 atom stereocenters. The Bertz CT molecular complexity index is 1310. The van der Waals surface area contributed by atoms with Gasteiger partial charge in [-0.25, -0.2) is 44.4 Å². The third-order valence-corrected chi connectivity index (χ3v) is 6.89. The third kappa shape index (κ3) is 3.94. The summed E-state index contributed by atoms with van der Waals surface area (Å²) in [7, 11) is 1.68. The Balaban J connectivity index is 1.16. The number of rotatable bonds is 5. The zero-order chi connectivity index (χ0) is 25.7. The van der Waals surface area contributed by atoms with Gasteiger partial charge >= 0.3 is 6.03 Å². The number of amides is 2. The largest absolute Gasteiger partial charge is 0.367 e. The average Bonchev–Trinajstić information content (AvgIpc) is 3.40. The number of aliphatic imine (C=N–C) groups is 2. The van der Waals surface area contributed by atoms with E-state index in [-0.39, 0.29) is 6.03 Å². The predicted octanol–water partition coefficient (Wildman–Crippen LogP) is 0.743. The summed E-state index contributed by atoms with van der Waals surface area (Å²) in [6.07, 6.45) is 5.61. The van der Waals surface area contributed by atoms with Crippen LogP contribution in [0.3, 0.4) is 0 Å². The molecule has 6 rings (SSSR count). The molecule has 1 aromatic heterocycles. The van der Waals surface area contributed by atoms with E-state index in [0.29, 0.717) is 67.9 Å². The van der Waals surface area contributed by atoms with E-state index in [1.807, 2.05) is 4.90 Å². The van der Waals surface area contributed by atoms with Crippen molar-refractivity contribution in [2.45, 2.75) is 6.29 Å². The normalized spacial score (nSPS) is 21.7. The van der Waals surface area contributed by atoms with E-state index in [4.69, 9.17) is 10.8 Å². The van der Waals surface area contributed by atoms with Gasteiger partial charge in [0.05, 0.1) is 11.9 Å². The molecule has 4 aliphatic heterocycles. The quantitative estimate of drug-likeness (QED) is 0.588. The lowest BCUT2D eigenvalue weighted by molar-refractivity contribution is 0.0842. The van der Waals surface area contributed by atoms with Gasteiger partial charge in [0.1, 0.15) is 35.1 Å². The maximum atomic E-state index is 14.2. The van der Waals surface area contributed by atoms with Crippen molar-refractivity contribution in [2.24, 2.45) is 15.8 Å². The Morgan fingerprint density at radius 3 is 2.65 bits per heavy atom. The number of nitrogens with zero attached hydrogens (tertiary/aromatic N) is 10. The number of hydrogen-bond donors (Lipinski definition) is 1. The molecule has 2 aromatic rings. The zero-order valence-corrected chi connectivity index (χ0v) is 20.1. The summed E-state index contributed by atoms with van der Waals surface area (Å²) in [5.41, 5.74) is 2.06. The summed E-state index contributed by atoms with van der Waals surface area (Å²) in [5, 5.41) is 4.61. The van der Waals surface area contributed by atoms with Gasteiger partial charge in [-0.05, 0) is 12.1 Å². The lowest BCUT2D eigenvalue weighted by Gasteiger charge is -2.36. The Kier molecular flexibility index (Phi) is 5.68. The molecule has 2 fully saturated rings. The Morgan fingerprint density at radius 1 is 1.11 bits per heavy atom. The lowest BCUT2D eigenvalue weighted by Crippen LogP contribution is -2.49. The van der Waals surface area contributed by atoms with Gasteiger partial charge in [0, 0.05) is 64.8 Å². The highest BCUT2D eigenvalue weighted by atomic mass is 19.1. The van der Waals surface area contributed by atoms with Gasteiger partial charge in [0.15, 0.2) is 5.84 Å². The highest BCUT2D eigenvalue weighted by Crippen LogP contribution is 2.37. The van der Waals surface area contributed by atoms with Crippen molar-refractivity contribution in [1.29, 1.82) is 0 Å². The van der Waals surface area contributed by atoms with Crippen LogP contribution in [0.5, 0.6) is 0 Å². The van der Waals surface area contributed by atoms with E-state index in [9.17, 15) is 13.6 Å². The van der Waals surface area contributed by atoms with Gasteiger partial charge < -0.3 is 4.90 Å². The molecule has 0 saturated carbocycles. The summed E-state index contributed by atoms with van der Waals surface area (Å²) < 4.78 is 27.4. The molecule has 2 N–H and O–H groups in total. The minimum absolute atomic E-state index is 0.191. The van der Waals surface area contributed by atoms with Gasteiger partial charge in [-0.15, -0.1) is 0 Å². The van der Waals surface area contributed by atoms with Crippen LogP contribution in [0, 0.1) is 11.6 Å². The van der Waals surface area contributed by atoms with Crippen molar-refractivity contribution in [1.82, 2.24) is 34.8 Å². The van der Waals surface area contributed by atoms with Crippen LogP contribution in [0.4, 0.5) is 19.3 Å². The number of fused-ring (bicyclic) bond motifs is 3. The number of halogens is 2. The second-order valence-electron chi connectivity index (χ2n) is 9.01. The van der Waals surface area contributed by atoms with Gasteiger partial charge in [0.25, 0.3) is 0 Å². The van der Waals surface area contributed by atoms with Crippen molar-refractivity contribution in [3.05, 3.63) is 59.8 Å². The van der Waals surface area contributed by atoms with Crippen molar-refractivity contribution in [2.75, 3.05) is 51.2 Å². The topological polar surface area (TPSA) is 113 Å². The number of anilines is 1. The number of hydrazine groups is 2. The molecule has 1 aromatic carbocycles. The van der Waals surface area contributed by atoms with E-state index in [1.165, 1.54) is 28.5 Å². The lowest BCUT2D eigenvalue weighted by atomic mass is 10.2. The van der Waals surface area contributed by atoms with Crippen molar-refractivity contribution in [3.8, 4) is 0 Å². The molecule has 0 radical (unpaired) electrons. The van der Waals surface area contributed by atoms with Crippen LogP contribution in [0.25, 0.3) is 5.70 Å². The third-order valence-electron chi connectivity index (χ3n) is 6.89. The summed E-state index contributed by atoms with van der Waals surface area (Å²) in [6, 6.07) is 3.46. The van der Waals surface area contributed by atoms with Gasteiger partial charge in [-0.2, -0.15) is 0 Å². The second-order valence-corrected chi connectivity index (χ2v) is 9.01. The Morgan fingerprint density at radius 2 is 1.92 bits per heavy atom. The molecule has 37 heavy (non-hydrogen) atoms. The van der Waals surface area contributed by atoms with Crippen LogP contribution in [0.1, 0.15) is 5.69 Å². The molecule has 14 heteroatoms. The number of amidine groups is 1. The zero-order valence-electron chi connectivity index (χ0n) is 20.1. The number of piperazine rings is 1. The molecule has 192 valence electrons. The van der Waals surface area contributed by atoms with Gasteiger partial charge in [-0.3, -0.25) is 19.8 Å². The van der Waals surface area contributed by atoms with Crippen molar-refractivity contribution >= 4 is 29.6 Å². The number of benzene rings is 1. The van der Waals surface area contributed by atoms with Crippen LogP contribution in [-0.2, 0) is 0 Å². The van der Waals surface area contributed by atoms with E-state index >= 15 is 0 Å². The molecule has 5 heterocycles. The monoisotopic (exact) mass is 509 g/mol. The van der Waals surface area contributed by atoms with E-state index in [1.54, 1.807) is 35.5 Å². The highest BCUT2D eigenvalue weighted by molar-refractivity contribution is 6.13. The number of carbonyl (C=O) groups is 1. The molecule has 1 unspecified atom stereocenters. The first kappa shape index (κ1) is 23.2. The number of urea groups is 1. The standard InChI is InChI=1S/C23H25F2N11O/c1-31-23(37)34(11-8-32-6-9-33(10-7-32)18-3-2-15(24)12-16(18)25)22-30-21-20(36(22)31)19(29-14-35(21)26)17-13-27-4-5-28-17/h2-5,12-14,22H,6-11,26H2,1H3. The minimum Gasteiger partial charge on any atom is -0.367 e. The molecule has 2 saturated heterocycles. The van der Waals surface area contributed by atoms with Crippen LogP contribution in [0.2, 0.25) is 0 Å². The molecule has 12 nitrogen and oxygen atoms in total. The van der Waals surface area contributed by atoms with E-state index < -0.39 is 17.9 Å². The molecule has 0 bridgehead atoms.